The van der Waals surface area contributed by atoms with Gasteiger partial charge >= 0.3 is 12.6 Å². The molecule has 11 heteroatoms. The van der Waals surface area contributed by atoms with Crippen molar-refractivity contribution in [3.05, 3.63) is 71.2 Å². The summed E-state index contributed by atoms with van der Waals surface area (Å²) in [6.45, 7) is -2.60. The molecule has 1 unspecified atom stereocenters. The fraction of sp³-hybridized carbons (Fsp3) is 0.190. The van der Waals surface area contributed by atoms with Crippen molar-refractivity contribution < 1.29 is 27.5 Å². The van der Waals surface area contributed by atoms with E-state index in [1.54, 1.807) is 6.07 Å². The molecule has 0 spiro atoms. The molecule has 1 aliphatic heterocycles. The van der Waals surface area contributed by atoms with E-state index in [0.717, 1.165) is 0 Å². The summed E-state index contributed by atoms with van der Waals surface area (Å²) in [7, 11) is 0. The van der Waals surface area contributed by atoms with Crippen LogP contribution in [0.15, 0.2) is 48.5 Å². The van der Waals surface area contributed by atoms with Crippen LogP contribution in [0.4, 0.5) is 18.0 Å². The Hall–Kier alpha value is -4.02. The van der Waals surface area contributed by atoms with Crippen LogP contribution in [0.1, 0.15) is 27.7 Å². The largest absolute Gasteiger partial charge is 0.435 e. The second kappa shape index (κ2) is 8.25. The normalized spacial score (nSPS) is 15.5. The van der Waals surface area contributed by atoms with Crippen molar-refractivity contribution in [1.29, 1.82) is 0 Å². The Balaban J connectivity index is 1.89. The molecule has 1 aliphatic rings. The van der Waals surface area contributed by atoms with Crippen molar-refractivity contribution in [3.63, 3.8) is 0 Å². The average molecular weight is 445 g/mol. The summed E-state index contributed by atoms with van der Waals surface area (Å²) in [6, 6.07) is 9.49. The maximum Gasteiger partial charge on any atom is 0.387 e. The molecule has 0 fully saturated rings. The zero-order valence-electron chi connectivity index (χ0n) is 16.5. The monoisotopic (exact) mass is 445 g/mol. The van der Waals surface area contributed by atoms with Gasteiger partial charge in [-0.05, 0) is 29.8 Å². The van der Waals surface area contributed by atoms with Crippen molar-refractivity contribution in [2.75, 3.05) is 6.54 Å². The lowest BCUT2D eigenvalue weighted by molar-refractivity contribution is -0.0498. The molecule has 4 N–H and O–H groups in total. The van der Waals surface area contributed by atoms with Gasteiger partial charge in [-0.3, -0.25) is 9.48 Å². The Bertz CT molecular complexity index is 1180. The van der Waals surface area contributed by atoms with Crippen LogP contribution in [0.5, 0.6) is 5.75 Å². The number of benzene rings is 2. The fourth-order valence-electron chi connectivity index (χ4n) is 3.89. The molecule has 0 saturated heterocycles. The number of fused-ring (bicyclic) bond motifs is 1. The number of primary amides is 2. The standard InChI is InChI=1S/C21H18F3N5O3/c22-13-3-1-2-12(10-13)16-15(19(25)30)18-17(28(21(26)31)8-9-29(18)27-16)11-4-6-14(7-5-11)32-20(23)24/h1-7,10,17,20H,8-9H2,(H2,25,30)(H2,26,31). The third kappa shape index (κ3) is 3.84. The number of halogens is 3. The second-order valence-corrected chi connectivity index (χ2v) is 7.09. The van der Waals surface area contributed by atoms with Crippen molar-refractivity contribution >= 4 is 11.9 Å². The predicted octanol–water partition coefficient (Wildman–Crippen LogP) is 2.87. The molecule has 32 heavy (non-hydrogen) atoms. The average Bonchev–Trinajstić information content (AvgIpc) is 3.13. The second-order valence-electron chi connectivity index (χ2n) is 7.09. The number of urea groups is 1. The van der Waals surface area contributed by atoms with E-state index in [1.807, 2.05) is 0 Å². The first kappa shape index (κ1) is 21.2. The van der Waals surface area contributed by atoms with Crippen molar-refractivity contribution in [1.82, 2.24) is 14.7 Å². The summed E-state index contributed by atoms with van der Waals surface area (Å²) in [5.41, 5.74) is 12.5. The quantitative estimate of drug-likeness (QED) is 0.628. The Morgan fingerprint density at radius 3 is 2.41 bits per heavy atom. The van der Waals surface area contributed by atoms with E-state index < -0.39 is 30.4 Å². The SMILES string of the molecule is NC(=O)c1c(-c2cccc(F)c2)nn2c1C(c1ccc(OC(F)F)cc1)N(C(N)=O)CC2. The number of hydrogen-bond acceptors (Lipinski definition) is 4. The molecule has 2 heterocycles. The van der Waals surface area contributed by atoms with E-state index in [1.165, 1.54) is 52.0 Å². The van der Waals surface area contributed by atoms with Gasteiger partial charge in [0, 0.05) is 12.1 Å². The van der Waals surface area contributed by atoms with Crippen molar-refractivity contribution in [2.45, 2.75) is 19.2 Å². The van der Waals surface area contributed by atoms with E-state index in [0.29, 0.717) is 16.8 Å². The number of nitrogens with zero attached hydrogens (tertiary/aromatic N) is 3. The van der Waals surface area contributed by atoms with E-state index in [4.69, 9.17) is 11.5 Å². The molecular weight excluding hydrogens is 427 g/mol. The number of ether oxygens (including phenoxy) is 1. The Labute approximate surface area is 180 Å². The van der Waals surface area contributed by atoms with Gasteiger partial charge in [-0.15, -0.1) is 0 Å². The molecule has 8 nitrogen and oxygen atoms in total. The Morgan fingerprint density at radius 2 is 1.81 bits per heavy atom. The zero-order chi connectivity index (χ0) is 23.0. The molecule has 0 aliphatic carbocycles. The maximum absolute atomic E-state index is 13.8. The molecule has 1 aromatic heterocycles. The number of carbonyl (C=O) groups excluding carboxylic acids is 2. The molecular formula is C21H18F3N5O3. The van der Waals surface area contributed by atoms with Crippen LogP contribution in [0.25, 0.3) is 11.3 Å². The van der Waals surface area contributed by atoms with Crippen LogP contribution in [-0.4, -0.2) is 39.8 Å². The zero-order valence-corrected chi connectivity index (χ0v) is 16.5. The van der Waals surface area contributed by atoms with Crippen molar-refractivity contribution in [2.24, 2.45) is 11.5 Å². The molecule has 166 valence electrons. The first-order valence-electron chi connectivity index (χ1n) is 9.53. The first-order valence-corrected chi connectivity index (χ1v) is 9.53. The van der Waals surface area contributed by atoms with Gasteiger partial charge < -0.3 is 21.1 Å². The fourth-order valence-corrected chi connectivity index (χ4v) is 3.89. The molecule has 2 aromatic carbocycles. The highest BCUT2D eigenvalue weighted by Gasteiger charge is 2.38. The van der Waals surface area contributed by atoms with E-state index in [2.05, 4.69) is 9.84 Å². The molecule has 4 rings (SSSR count). The predicted molar refractivity (Wildman–Crippen MR) is 107 cm³/mol. The van der Waals surface area contributed by atoms with E-state index in [-0.39, 0.29) is 30.1 Å². The van der Waals surface area contributed by atoms with E-state index >= 15 is 0 Å². The number of rotatable bonds is 5. The summed E-state index contributed by atoms with van der Waals surface area (Å²) in [6.07, 6.45) is 0. The summed E-state index contributed by atoms with van der Waals surface area (Å²) >= 11 is 0. The Kier molecular flexibility index (Phi) is 5.47. The summed E-state index contributed by atoms with van der Waals surface area (Å²) < 4.78 is 44.7. The highest BCUT2D eigenvalue weighted by molar-refractivity contribution is 6.00. The molecule has 1 atom stereocenters. The molecule has 0 bridgehead atoms. The number of amides is 3. The first-order chi connectivity index (χ1) is 15.3. The summed E-state index contributed by atoms with van der Waals surface area (Å²) in [5.74, 6) is -1.41. The van der Waals surface area contributed by atoms with Crippen LogP contribution >= 0.6 is 0 Å². The van der Waals surface area contributed by atoms with Crippen LogP contribution in [0.2, 0.25) is 0 Å². The molecule has 0 radical (unpaired) electrons. The number of hydrogen-bond donors (Lipinski definition) is 2. The highest BCUT2D eigenvalue weighted by Crippen LogP contribution is 2.38. The molecule has 3 aromatic rings. The van der Waals surface area contributed by atoms with Gasteiger partial charge in [0.05, 0.1) is 17.8 Å². The van der Waals surface area contributed by atoms with Gasteiger partial charge in [0.2, 0.25) is 0 Å². The summed E-state index contributed by atoms with van der Waals surface area (Å²) in [5, 5.41) is 4.46. The number of nitrogens with two attached hydrogens (primary N) is 2. The van der Waals surface area contributed by atoms with Gasteiger partial charge in [0.15, 0.2) is 0 Å². The number of aromatic nitrogens is 2. The van der Waals surface area contributed by atoms with Crippen LogP contribution in [0.3, 0.4) is 0 Å². The van der Waals surface area contributed by atoms with Crippen molar-refractivity contribution in [3.8, 4) is 17.0 Å². The van der Waals surface area contributed by atoms with Gasteiger partial charge in [-0.2, -0.15) is 13.9 Å². The number of alkyl halides is 2. The van der Waals surface area contributed by atoms with Crippen LogP contribution in [-0.2, 0) is 6.54 Å². The minimum Gasteiger partial charge on any atom is -0.435 e. The Morgan fingerprint density at radius 1 is 1.09 bits per heavy atom. The molecule has 0 saturated carbocycles. The minimum atomic E-state index is -2.99. The number of carbonyl (C=O) groups is 2. The lowest BCUT2D eigenvalue weighted by Crippen LogP contribution is -2.46. The third-order valence-corrected chi connectivity index (χ3v) is 5.16. The topological polar surface area (TPSA) is 116 Å². The third-order valence-electron chi connectivity index (χ3n) is 5.16. The van der Waals surface area contributed by atoms with E-state index in [9.17, 15) is 22.8 Å². The van der Waals surface area contributed by atoms with Crippen LogP contribution < -0.4 is 16.2 Å². The molecule has 3 amide bonds. The maximum atomic E-state index is 13.8. The van der Waals surface area contributed by atoms with Gasteiger partial charge in [0.25, 0.3) is 5.91 Å². The van der Waals surface area contributed by atoms with Crippen LogP contribution in [0, 0.1) is 5.82 Å². The highest BCUT2D eigenvalue weighted by atomic mass is 19.3. The minimum absolute atomic E-state index is 0.0134. The van der Waals surface area contributed by atoms with Gasteiger partial charge in [-0.25, -0.2) is 9.18 Å². The lowest BCUT2D eigenvalue weighted by atomic mass is 9.94. The lowest BCUT2D eigenvalue weighted by Gasteiger charge is -2.35. The summed E-state index contributed by atoms with van der Waals surface area (Å²) in [4.78, 5) is 26.0. The smallest absolute Gasteiger partial charge is 0.387 e. The van der Waals surface area contributed by atoms with Gasteiger partial charge in [0.1, 0.15) is 23.3 Å². The van der Waals surface area contributed by atoms with Gasteiger partial charge in [-0.1, -0.05) is 24.3 Å².